The predicted molar refractivity (Wildman–Crippen MR) is 169 cm³/mol. The molecule has 0 N–H and O–H groups in total. The highest BCUT2D eigenvalue weighted by molar-refractivity contribution is 8.18. The van der Waals surface area contributed by atoms with Crippen LogP contribution in [0.2, 0.25) is 0 Å². The summed E-state index contributed by atoms with van der Waals surface area (Å²) in [5, 5.41) is 0.680. The highest BCUT2D eigenvalue weighted by Crippen LogP contribution is 2.36. The first kappa shape index (κ1) is 28.2. The number of amidine groups is 1. The molecular weight excluding hydrogens is 528 g/mol. The van der Waals surface area contributed by atoms with E-state index in [1.54, 1.807) is 12.0 Å². The van der Waals surface area contributed by atoms with Crippen molar-refractivity contribution < 1.29 is 14.3 Å². The first-order valence-electron chi connectivity index (χ1n) is 13.7. The molecule has 0 bridgehead atoms. The van der Waals surface area contributed by atoms with Crippen molar-refractivity contribution in [3.8, 4) is 11.5 Å². The maximum atomic E-state index is 13.6. The molecule has 0 atom stereocenters. The number of benzene rings is 4. The quantitative estimate of drug-likeness (QED) is 0.194. The number of thioether (sulfide) groups is 1. The third-order valence-corrected chi connectivity index (χ3v) is 8.04. The van der Waals surface area contributed by atoms with Crippen LogP contribution in [-0.4, -0.2) is 29.6 Å². The van der Waals surface area contributed by atoms with Crippen molar-refractivity contribution in [2.45, 2.75) is 33.8 Å². The molecule has 5 rings (SSSR count). The Morgan fingerprint density at radius 2 is 1.54 bits per heavy atom. The van der Waals surface area contributed by atoms with Gasteiger partial charge in [0, 0.05) is 6.54 Å². The highest BCUT2D eigenvalue weighted by atomic mass is 32.2. The van der Waals surface area contributed by atoms with E-state index in [0.29, 0.717) is 34.7 Å². The van der Waals surface area contributed by atoms with Gasteiger partial charge in [-0.3, -0.25) is 9.69 Å². The van der Waals surface area contributed by atoms with Crippen LogP contribution in [-0.2, 0) is 17.8 Å². The maximum absolute atomic E-state index is 13.6. The second kappa shape index (κ2) is 12.9. The standard InChI is InChI=1S/C35H34N2O3S/c1-24-19-25(2)30(26(3)20-24)23-40-31-16-15-28(21-32(31)39-4)22-33-34(38)37(18-17-27-11-7-5-8-12-27)35(41-33)36-29-13-9-6-10-14-29/h5-16,19-22H,17-18,23H2,1-4H3/b33-22+,36-35?. The molecule has 0 saturated carbocycles. The first-order chi connectivity index (χ1) is 19.9. The average Bonchev–Trinajstić information content (AvgIpc) is 3.25. The van der Waals surface area contributed by atoms with E-state index in [1.165, 1.54) is 39.6 Å². The lowest BCUT2D eigenvalue weighted by Crippen LogP contribution is -2.31. The van der Waals surface area contributed by atoms with Gasteiger partial charge in [-0.2, -0.15) is 0 Å². The number of aryl methyl sites for hydroxylation is 3. The van der Waals surface area contributed by atoms with Crippen LogP contribution in [0.4, 0.5) is 5.69 Å². The van der Waals surface area contributed by atoms with Crippen molar-refractivity contribution in [3.63, 3.8) is 0 Å². The Bertz CT molecular complexity index is 1570. The zero-order chi connectivity index (χ0) is 28.8. The summed E-state index contributed by atoms with van der Waals surface area (Å²) in [6.45, 7) is 7.33. The molecule has 4 aromatic rings. The second-order valence-corrected chi connectivity index (χ2v) is 11.1. The van der Waals surface area contributed by atoms with Crippen molar-refractivity contribution in [2.24, 2.45) is 4.99 Å². The topological polar surface area (TPSA) is 51.1 Å². The van der Waals surface area contributed by atoms with Crippen LogP contribution in [0.3, 0.4) is 0 Å². The Kier molecular flexibility index (Phi) is 8.90. The van der Waals surface area contributed by atoms with E-state index in [4.69, 9.17) is 14.5 Å². The number of para-hydroxylation sites is 1. The maximum Gasteiger partial charge on any atom is 0.266 e. The second-order valence-electron chi connectivity index (χ2n) is 10.1. The van der Waals surface area contributed by atoms with Gasteiger partial charge in [0.2, 0.25) is 0 Å². The number of methoxy groups -OCH3 is 1. The monoisotopic (exact) mass is 562 g/mol. The van der Waals surface area contributed by atoms with Gasteiger partial charge in [-0.25, -0.2) is 4.99 Å². The third kappa shape index (κ3) is 6.90. The van der Waals surface area contributed by atoms with E-state index in [2.05, 4.69) is 45.0 Å². The molecule has 41 heavy (non-hydrogen) atoms. The lowest BCUT2D eigenvalue weighted by Gasteiger charge is -2.15. The largest absolute Gasteiger partial charge is 0.493 e. The molecule has 5 nitrogen and oxygen atoms in total. The lowest BCUT2D eigenvalue weighted by atomic mass is 10.0. The summed E-state index contributed by atoms with van der Waals surface area (Å²) in [5.74, 6) is 1.23. The minimum absolute atomic E-state index is 0.0507. The van der Waals surface area contributed by atoms with Gasteiger partial charge in [0.15, 0.2) is 16.7 Å². The van der Waals surface area contributed by atoms with Crippen LogP contribution in [0.5, 0.6) is 11.5 Å². The molecule has 1 saturated heterocycles. The van der Waals surface area contributed by atoms with Gasteiger partial charge >= 0.3 is 0 Å². The number of carbonyl (C=O) groups excluding carboxylic acids is 1. The average molecular weight is 563 g/mol. The number of hydrogen-bond acceptors (Lipinski definition) is 5. The van der Waals surface area contributed by atoms with Gasteiger partial charge in [0.05, 0.1) is 17.7 Å². The Hall–Kier alpha value is -4.29. The SMILES string of the molecule is COc1cc(/C=C2/SC(=Nc3ccccc3)N(CCc3ccccc3)C2=O)ccc1OCc1c(C)cc(C)cc1C. The third-order valence-electron chi connectivity index (χ3n) is 7.03. The van der Waals surface area contributed by atoms with Crippen LogP contribution in [0.15, 0.2) is 101 Å². The normalized spacial score (nSPS) is 15.1. The van der Waals surface area contributed by atoms with Crippen molar-refractivity contribution in [2.75, 3.05) is 13.7 Å². The zero-order valence-corrected chi connectivity index (χ0v) is 24.7. The van der Waals surface area contributed by atoms with Gasteiger partial charge in [-0.1, -0.05) is 72.3 Å². The number of rotatable bonds is 9. The molecule has 0 radical (unpaired) electrons. The fourth-order valence-corrected chi connectivity index (χ4v) is 5.94. The number of hydrogen-bond donors (Lipinski definition) is 0. The number of carbonyl (C=O) groups is 1. The predicted octanol–water partition coefficient (Wildman–Crippen LogP) is 8.05. The van der Waals surface area contributed by atoms with E-state index < -0.39 is 0 Å². The van der Waals surface area contributed by atoms with Gasteiger partial charge < -0.3 is 9.47 Å². The van der Waals surface area contributed by atoms with E-state index in [-0.39, 0.29) is 5.91 Å². The minimum Gasteiger partial charge on any atom is -0.493 e. The van der Waals surface area contributed by atoms with Crippen molar-refractivity contribution in [1.29, 1.82) is 0 Å². The number of amides is 1. The van der Waals surface area contributed by atoms with Gasteiger partial charge in [0.25, 0.3) is 5.91 Å². The van der Waals surface area contributed by atoms with Gasteiger partial charge in [-0.05, 0) is 97.1 Å². The van der Waals surface area contributed by atoms with Crippen molar-refractivity contribution in [3.05, 3.63) is 129 Å². The molecule has 0 unspecified atom stereocenters. The zero-order valence-electron chi connectivity index (χ0n) is 23.9. The molecule has 1 aliphatic rings. The fraction of sp³-hybridized carbons (Fsp3) is 0.200. The molecule has 0 aliphatic carbocycles. The summed E-state index contributed by atoms with van der Waals surface area (Å²) < 4.78 is 11.9. The van der Waals surface area contributed by atoms with Crippen molar-refractivity contribution >= 4 is 34.6 Å². The lowest BCUT2D eigenvalue weighted by molar-refractivity contribution is -0.122. The Labute approximate surface area is 246 Å². The summed E-state index contributed by atoms with van der Waals surface area (Å²) in [5.41, 5.74) is 7.70. The van der Waals surface area contributed by atoms with Crippen LogP contribution in [0, 0.1) is 20.8 Å². The molecule has 1 amide bonds. The highest BCUT2D eigenvalue weighted by Gasteiger charge is 2.33. The molecule has 6 heteroatoms. The number of ether oxygens (including phenoxy) is 2. The van der Waals surface area contributed by atoms with Gasteiger partial charge in [-0.15, -0.1) is 0 Å². The molecule has 1 aliphatic heterocycles. The smallest absolute Gasteiger partial charge is 0.266 e. The van der Waals surface area contributed by atoms with Gasteiger partial charge in [0.1, 0.15) is 6.61 Å². The van der Waals surface area contributed by atoms with Crippen LogP contribution < -0.4 is 9.47 Å². The minimum atomic E-state index is -0.0507. The molecule has 1 fully saturated rings. The Morgan fingerprint density at radius 3 is 2.22 bits per heavy atom. The molecule has 4 aromatic carbocycles. The first-order valence-corrected chi connectivity index (χ1v) is 14.5. The summed E-state index contributed by atoms with van der Waals surface area (Å²) >= 11 is 1.40. The summed E-state index contributed by atoms with van der Waals surface area (Å²) in [4.78, 5) is 20.8. The van der Waals surface area contributed by atoms with E-state index >= 15 is 0 Å². The Balaban J connectivity index is 1.38. The fourth-order valence-electron chi connectivity index (χ4n) is 4.92. The molecule has 1 heterocycles. The van der Waals surface area contributed by atoms with Crippen LogP contribution in [0.25, 0.3) is 6.08 Å². The molecule has 0 spiro atoms. The summed E-state index contributed by atoms with van der Waals surface area (Å²) in [6.07, 6.45) is 2.64. The molecule has 208 valence electrons. The summed E-state index contributed by atoms with van der Waals surface area (Å²) in [6, 6.07) is 30.0. The van der Waals surface area contributed by atoms with Crippen molar-refractivity contribution in [1.82, 2.24) is 4.90 Å². The van der Waals surface area contributed by atoms with E-state index in [1.807, 2.05) is 72.8 Å². The molecular formula is C35H34N2O3S. The number of aliphatic imine (C=N–C) groups is 1. The van der Waals surface area contributed by atoms with E-state index in [9.17, 15) is 4.79 Å². The molecule has 0 aromatic heterocycles. The Morgan fingerprint density at radius 1 is 0.854 bits per heavy atom. The summed E-state index contributed by atoms with van der Waals surface area (Å²) in [7, 11) is 1.63. The van der Waals surface area contributed by atoms with Crippen LogP contribution in [0.1, 0.15) is 33.4 Å². The van der Waals surface area contributed by atoms with E-state index in [0.717, 1.165) is 17.7 Å². The number of nitrogens with zero attached hydrogens (tertiary/aromatic N) is 2. The van der Waals surface area contributed by atoms with Crippen LogP contribution >= 0.6 is 11.8 Å².